The molecule has 140 valence electrons. The minimum Gasteiger partial charge on any atom is -0.497 e. The number of nitrogens with zero attached hydrogens (tertiary/aromatic N) is 1. The number of H-pyrrole nitrogens is 1. The summed E-state index contributed by atoms with van der Waals surface area (Å²) in [6.07, 6.45) is 0.989. The van der Waals surface area contributed by atoms with Crippen molar-refractivity contribution in [3.63, 3.8) is 0 Å². The molecular formula is C21H21ClN2O3. The maximum atomic E-state index is 12.9. The number of likely N-dealkylation sites (tertiary alicyclic amines) is 1. The van der Waals surface area contributed by atoms with Crippen molar-refractivity contribution in [2.45, 2.75) is 18.4 Å². The van der Waals surface area contributed by atoms with E-state index < -0.39 is 5.60 Å². The molecule has 1 aromatic heterocycles. The molecule has 1 fully saturated rings. The summed E-state index contributed by atoms with van der Waals surface area (Å²) in [5.74, 6) is 0.704. The highest BCUT2D eigenvalue weighted by Gasteiger charge is 2.35. The van der Waals surface area contributed by atoms with Crippen LogP contribution in [0.1, 0.15) is 28.9 Å². The fourth-order valence-corrected chi connectivity index (χ4v) is 3.78. The molecule has 5 nitrogen and oxygen atoms in total. The number of nitrogens with one attached hydrogen (secondary N) is 1. The lowest BCUT2D eigenvalue weighted by Gasteiger charge is -2.38. The lowest BCUT2D eigenvalue weighted by atomic mass is 9.84. The van der Waals surface area contributed by atoms with Crippen LogP contribution in [0.5, 0.6) is 5.75 Å². The zero-order valence-corrected chi connectivity index (χ0v) is 15.8. The minimum atomic E-state index is -0.921. The maximum absolute atomic E-state index is 12.9. The van der Waals surface area contributed by atoms with E-state index in [9.17, 15) is 9.90 Å². The van der Waals surface area contributed by atoms with Crippen LogP contribution in [0.3, 0.4) is 0 Å². The Morgan fingerprint density at radius 1 is 1.15 bits per heavy atom. The summed E-state index contributed by atoms with van der Waals surface area (Å²) in [6, 6.07) is 14.8. The quantitative estimate of drug-likeness (QED) is 0.718. The lowest BCUT2D eigenvalue weighted by molar-refractivity contribution is -0.0212. The van der Waals surface area contributed by atoms with Crippen LogP contribution in [0, 0.1) is 0 Å². The topological polar surface area (TPSA) is 65.6 Å². The van der Waals surface area contributed by atoms with Crippen molar-refractivity contribution in [1.29, 1.82) is 0 Å². The molecule has 1 aliphatic rings. The van der Waals surface area contributed by atoms with Gasteiger partial charge in [0.05, 0.1) is 12.7 Å². The highest BCUT2D eigenvalue weighted by molar-refractivity contribution is 6.30. The molecule has 1 saturated heterocycles. The van der Waals surface area contributed by atoms with Crippen molar-refractivity contribution >= 4 is 28.4 Å². The first-order valence-electron chi connectivity index (χ1n) is 8.93. The van der Waals surface area contributed by atoms with Crippen molar-refractivity contribution < 1.29 is 14.6 Å². The van der Waals surface area contributed by atoms with Gasteiger partial charge in [0.25, 0.3) is 5.91 Å². The van der Waals surface area contributed by atoms with Gasteiger partial charge in [-0.05, 0) is 54.8 Å². The number of benzene rings is 2. The number of carbonyl (C=O) groups is 1. The van der Waals surface area contributed by atoms with Crippen molar-refractivity contribution in [2.24, 2.45) is 0 Å². The summed E-state index contributed by atoms with van der Waals surface area (Å²) < 4.78 is 5.24. The van der Waals surface area contributed by atoms with Crippen LogP contribution in [0.2, 0.25) is 5.02 Å². The first kappa shape index (κ1) is 17.9. The first-order chi connectivity index (χ1) is 13.0. The Kier molecular flexibility index (Phi) is 4.58. The van der Waals surface area contributed by atoms with E-state index in [1.54, 1.807) is 24.1 Å². The maximum Gasteiger partial charge on any atom is 0.270 e. The Morgan fingerprint density at radius 2 is 1.85 bits per heavy atom. The van der Waals surface area contributed by atoms with Crippen LogP contribution in [-0.4, -0.2) is 41.1 Å². The largest absolute Gasteiger partial charge is 0.497 e. The monoisotopic (exact) mass is 384 g/mol. The number of ether oxygens (including phenoxy) is 1. The highest BCUT2D eigenvalue weighted by atomic mass is 35.5. The summed E-state index contributed by atoms with van der Waals surface area (Å²) in [4.78, 5) is 17.8. The van der Waals surface area contributed by atoms with Crippen LogP contribution in [0.15, 0.2) is 48.5 Å². The summed E-state index contributed by atoms with van der Waals surface area (Å²) in [6.45, 7) is 0.993. The Morgan fingerprint density at radius 3 is 2.52 bits per heavy atom. The predicted molar refractivity (Wildman–Crippen MR) is 105 cm³/mol. The van der Waals surface area contributed by atoms with E-state index in [1.807, 2.05) is 36.4 Å². The molecular weight excluding hydrogens is 364 g/mol. The van der Waals surface area contributed by atoms with Gasteiger partial charge in [0, 0.05) is 29.0 Å². The smallest absolute Gasteiger partial charge is 0.270 e. The molecule has 0 aliphatic carbocycles. The number of hydrogen-bond acceptors (Lipinski definition) is 3. The van der Waals surface area contributed by atoms with Crippen LogP contribution in [0.25, 0.3) is 10.9 Å². The Hall–Kier alpha value is -2.50. The molecule has 4 rings (SSSR count). The van der Waals surface area contributed by atoms with E-state index in [1.165, 1.54) is 0 Å². The third kappa shape index (κ3) is 3.40. The molecule has 0 saturated carbocycles. The molecule has 2 N–H and O–H groups in total. The standard InChI is InChI=1S/C21H21ClN2O3/c1-27-17-6-7-18-14(12-17)13-19(23-18)20(25)24-10-8-21(26,9-11-24)15-2-4-16(22)5-3-15/h2-7,12-13,23,26H,8-11H2,1H3. The summed E-state index contributed by atoms with van der Waals surface area (Å²) in [7, 11) is 1.62. The van der Waals surface area contributed by atoms with E-state index in [2.05, 4.69) is 4.98 Å². The van der Waals surface area contributed by atoms with E-state index >= 15 is 0 Å². The summed E-state index contributed by atoms with van der Waals surface area (Å²) >= 11 is 5.94. The minimum absolute atomic E-state index is 0.0525. The first-order valence-corrected chi connectivity index (χ1v) is 9.31. The van der Waals surface area contributed by atoms with Gasteiger partial charge in [-0.15, -0.1) is 0 Å². The van der Waals surface area contributed by atoms with Gasteiger partial charge in [-0.25, -0.2) is 0 Å². The predicted octanol–water partition coefficient (Wildman–Crippen LogP) is 3.95. The fraction of sp³-hybridized carbons (Fsp3) is 0.286. The van der Waals surface area contributed by atoms with Gasteiger partial charge in [-0.2, -0.15) is 0 Å². The van der Waals surface area contributed by atoms with Gasteiger partial charge in [0.1, 0.15) is 11.4 Å². The number of aromatic amines is 1. The second kappa shape index (κ2) is 6.91. The summed E-state index contributed by atoms with van der Waals surface area (Å²) in [5.41, 5.74) is 1.37. The average molecular weight is 385 g/mol. The number of aromatic nitrogens is 1. The average Bonchev–Trinajstić information content (AvgIpc) is 3.11. The number of rotatable bonds is 3. The normalized spacial score (nSPS) is 16.5. The molecule has 0 spiro atoms. The van der Waals surface area contributed by atoms with Gasteiger partial charge in [0.15, 0.2) is 0 Å². The molecule has 1 aliphatic heterocycles. The number of hydrogen-bond donors (Lipinski definition) is 2. The zero-order valence-electron chi connectivity index (χ0n) is 15.0. The SMILES string of the molecule is COc1ccc2[nH]c(C(=O)N3CCC(O)(c4ccc(Cl)cc4)CC3)cc2c1. The van der Waals surface area contributed by atoms with Crippen LogP contribution in [0.4, 0.5) is 0 Å². The van der Waals surface area contributed by atoms with Crippen molar-refractivity contribution in [2.75, 3.05) is 20.2 Å². The molecule has 0 radical (unpaired) electrons. The third-order valence-electron chi connectivity index (χ3n) is 5.32. The molecule has 0 bridgehead atoms. The zero-order chi connectivity index (χ0) is 19.0. The van der Waals surface area contributed by atoms with Gasteiger partial charge in [0.2, 0.25) is 0 Å². The molecule has 0 unspecified atom stereocenters. The van der Waals surface area contributed by atoms with Crippen molar-refractivity contribution in [1.82, 2.24) is 9.88 Å². The molecule has 27 heavy (non-hydrogen) atoms. The number of halogens is 1. The van der Waals surface area contributed by atoms with Gasteiger partial charge in [-0.1, -0.05) is 23.7 Å². The number of aliphatic hydroxyl groups is 1. The number of piperidine rings is 1. The number of carbonyl (C=O) groups excluding carboxylic acids is 1. The second-order valence-corrected chi connectivity index (χ2v) is 7.40. The van der Waals surface area contributed by atoms with Crippen molar-refractivity contribution in [3.05, 3.63) is 64.8 Å². The van der Waals surface area contributed by atoms with Crippen LogP contribution < -0.4 is 4.74 Å². The molecule has 6 heteroatoms. The van der Waals surface area contributed by atoms with Crippen molar-refractivity contribution in [3.8, 4) is 5.75 Å². The Balaban J connectivity index is 1.49. The van der Waals surface area contributed by atoms with Crippen LogP contribution >= 0.6 is 11.6 Å². The van der Waals surface area contributed by atoms with Gasteiger partial charge < -0.3 is 19.7 Å². The molecule has 0 atom stereocenters. The molecule has 2 heterocycles. The van der Waals surface area contributed by atoms with E-state index in [4.69, 9.17) is 16.3 Å². The Labute approximate surface area is 162 Å². The number of methoxy groups -OCH3 is 1. The molecule has 2 aromatic carbocycles. The van der Waals surface area contributed by atoms with E-state index in [-0.39, 0.29) is 5.91 Å². The molecule has 1 amide bonds. The van der Waals surface area contributed by atoms with Crippen LogP contribution in [-0.2, 0) is 5.60 Å². The van der Waals surface area contributed by atoms with Gasteiger partial charge >= 0.3 is 0 Å². The summed E-state index contributed by atoms with van der Waals surface area (Å²) in [5, 5.41) is 12.6. The third-order valence-corrected chi connectivity index (χ3v) is 5.57. The highest BCUT2D eigenvalue weighted by Crippen LogP contribution is 2.34. The molecule has 3 aromatic rings. The fourth-order valence-electron chi connectivity index (χ4n) is 3.65. The van der Waals surface area contributed by atoms with Gasteiger partial charge in [-0.3, -0.25) is 4.79 Å². The van der Waals surface area contributed by atoms with E-state index in [0.717, 1.165) is 22.2 Å². The van der Waals surface area contributed by atoms with E-state index in [0.29, 0.717) is 36.6 Å². The Bertz CT molecular complexity index is 973. The second-order valence-electron chi connectivity index (χ2n) is 6.97. The number of fused-ring (bicyclic) bond motifs is 1. The lowest BCUT2D eigenvalue weighted by Crippen LogP contribution is -2.45. The number of amides is 1.